The van der Waals surface area contributed by atoms with Crippen LogP contribution in [-0.4, -0.2) is 10.9 Å². The number of carbonyl (C=O) groups excluding carboxylic acids is 1. The second-order valence-electron chi connectivity index (χ2n) is 3.84. The maximum Gasteiger partial charge on any atom is 0.167 e. The number of aryl methyl sites for hydroxylation is 1. The molecule has 1 atom stereocenters. The van der Waals surface area contributed by atoms with Crippen LogP contribution >= 0.6 is 11.6 Å². The van der Waals surface area contributed by atoms with Crippen molar-refractivity contribution in [3.05, 3.63) is 27.8 Å². The van der Waals surface area contributed by atoms with Gasteiger partial charge in [-0.3, -0.25) is 4.79 Å². The molecule has 0 heterocycles. The van der Waals surface area contributed by atoms with Crippen molar-refractivity contribution in [3.8, 4) is 5.75 Å². The highest BCUT2D eigenvalue weighted by atomic mass is 35.5. The molecule has 0 saturated heterocycles. The second kappa shape index (κ2) is 2.99. The molecule has 1 aromatic carbocycles. The van der Waals surface area contributed by atoms with E-state index in [1.807, 2.05) is 6.92 Å². The van der Waals surface area contributed by atoms with Crippen molar-refractivity contribution in [3.63, 3.8) is 0 Å². The van der Waals surface area contributed by atoms with Gasteiger partial charge in [0.05, 0.1) is 5.56 Å². The molecule has 0 radical (unpaired) electrons. The highest BCUT2D eigenvalue weighted by Gasteiger charge is 2.31. The molecular formula is C11H11ClO2. The number of rotatable bonds is 0. The van der Waals surface area contributed by atoms with E-state index in [0.29, 0.717) is 22.6 Å². The van der Waals surface area contributed by atoms with Gasteiger partial charge in [0.25, 0.3) is 0 Å². The number of benzene rings is 1. The van der Waals surface area contributed by atoms with Gasteiger partial charge >= 0.3 is 0 Å². The third-order valence-corrected chi connectivity index (χ3v) is 3.06. The number of ketones is 1. The Bertz CT molecular complexity index is 424. The standard InChI is InChI=1S/C11H11ClO2/c1-5-4-8(13)10-9(5)7(12)3-6(2)11(10)14/h3,5,14H,4H2,1-2H3. The molecule has 1 aliphatic carbocycles. The van der Waals surface area contributed by atoms with Crippen molar-refractivity contribution >= 4 is 17.4 Å². The lowest BCUT2D eigenvalue weighted by Gasteiger charge is -2.09. The lowest BCUT2D eigenvalue weighted by molar-refractivity contribution is 0.0988. The fourth-order valence-corrected chi connectivity index (χ4v) is 2.47. The normalized spacial score (nSPS) is 19.9. The van der Waals surface area contributed by atoms with Gasteiger partial charge in [0.15, 0.2) is 5.78 Å². The van der Waals surface area contributed by atoms with E-state index < -0.39 is 0 Å². The van der Waals surface area contributed by atoms with Gasteiger partial charge < -0.3 is 5.11 Å². The molecule has 1 aliphatic rings. The van der Waals surface area contributed by atoms with Crippen LogP contribution in [0.5, 0.6) is 5.75 Å². The first-order chi connectivity index (χ1) is 6.52. The Morgan fingerprint density at radius 2 is 2.21 bits per heavy atom. The summed E-state index contributed by atoms with van der Waals surface area (Å²) in [6.07, 6.45) is 0.450. The van der Waals surface area contributed by atoms with Crippen LogP contribution in [0.2, 0.25) is 5.02 Å². The molecule has 14 heavy (non-hydrogen) atoms. The van der Waals surface area contributed by atoms with Crippen LogP contribution in [0, 0.1) is 6.92 Å². The number of hydrogen-bond acceptors (Lipinski definition) is 2. The zero-order valence-electron chi connectivity index (χ0n) is 8.10. The summed E-state index contributed by atoms with van der Waals surface area (Å²) >= 11 is 6.04. The predicted octanol–water partition coefficient (Wildman–Crippen LogP) is 3.04. The fourth-order valence-electron chi connectivity index (χ4n) is 2.03. The maximum atomic E-state index is 11.6. The minimum Gasteiger partial charge on any atom is -0.507 e. The van der Waals surface area contributed by atoms with Gasteiger partial charge in [-0.05, 0) is 30.0 Å². The molecule has 0 saturated carbocycles. The number of aromatic hydroxyl groups is 1. The van der Waals surface area contributed by atoms with Crippen molar-refractivity contribution in [2.75, 3.05) is 0 Å². The Kier molecular flexibility index (Phi) is 2.04. The molecule has 0 amide bonds. The van der Waals surface area contributed by atoms with Crippen LogP contribution in [0.4, 0.5) is 0 Å². The van der Waals surface area contributed by atoms with E-state index in [4.69, 9.17) is 11.6 Å². The molecule has 0 fully saturated rings. The summed E-state index contributed by atoms with van der Waals surface area (Å²) in [5, 5.41) is 10.3. The maximum absolute atomic E-state index is 11.6. The third kappa shape index (κ3) is 1.14. The predicted molar refractivity (Wildman–Crippen MR) is 55.2 cm³/mol. The van der Waals surface area contributed by atoms with E-state index in [0.717, 1.165) is 5.56 Å². The molecule has 3 heteroatoms. The molecule has 0 bridgehead atoms. The quantitative estimate of drug-likeness (QED) is 0.715. The van der Waals surface area contributed by atoms with Crippen LogP contribution in [0.1, 0.15) is 40.7 Å². The number of halogens is 1. The summed E-state index contributed by atoms with van der Waals surface area (Å²) < 4.78 is 0. The summed E-state index contributed by atoms with van der Waals surface area (Å²) in [6, 6.07) is 1.71. The Morgan fingerprint density at radius 3 is 2.86 bits per heavy atom. The lowest BCUT2D eigenvalue weighted by Crippen LogP contribution is -1.94. The van der Waals surface area contributed by atoms with Crippen molar-refractivity contribution < 1.29 is 9.90 Å². The number of phenolic OH excluding ortho intramolecular Hbond substituents is 1. The summed E-state index contributed by atoms with van der Waals surface area (Å²) in [5.74, 6) is 0.214. The molecule has 0 aliphatic heterocycles. The minimum absolute atomic E-state index is 0.00407. The van der Waals surface area contributed by atoms with Crippen LogP contribution in [0.15, 0.2) is 6.07 Å². The number of hydrogen-bond donors (Lipinski definition) is 1. The summed E-state index contributed by atoms with van der Waals surface area (Å²) in [5.41, 5.74) is 1.90. The largest absolute Gasteiger partial charge is 0.507 e. The van der Waals surface area contributed by atoms with Crippen molar-refractivity contribution in [1.82, 2.24) is 0 Å². The van der Waals surface area contributed by atoms with Gasteiger partial charge in [0.1, 0.15) is 5.75 Å². The summed E-state index contributed by atoms with van der Waals surface area (Å²) in [4.78, 5) is 11.6. The second-order valence-corrected chi connectivity index (χ2v) is 4.25. The zero-order valence-corrected chi connectivity index (χ0v) is 8.85. The zero-order chi connectivity index (χ0) is 10.5. The Labute approximate surface area is 87.5 Å². The number of Topliss-reactive ketones (excluding diaryl/α,β-unsaturated/α-hetero) is 1. The molecule has 1 aromatic rings. The van der Waals surface area contributed by atoms with Crippen molar-refractivity contribution in [1.29, 1.82) is 0 Å². The number of fused-ring (bicyclic) bond motifs is 1. The van der Waals surface area contributed by atoms with Gasteiger partial charge in [-0.15, -0.1) is 0 Å². The Hall–Kier alpha value is -1.02. The summed E-state index contributed by atoms with van der Waals surface area (Å²) in [6.45, 7) is 3.70. The smallest absolute Gasteiger partial charge is 0.167 e. The Morgan fingerprint density at radius 1 is 1.57 bits per heavy atom. The highest BCUT2D eigenvalue weighted by Crippen LogP contribution is 2.43. The first-order valence-corrected chi connectivity index (χ1v) is 4.95. The van der Waals surface area contributed by atoms with E-state index in [2.05, 4.69) is 0 Å². The van der Waals surface area contributed by atoms with Crippen molar-refractivity contribution in [2.45, 2.75) is 26.2 Å². The fraction of sp³-hybridized carbons (Fsp3) is 0.364. The monoisotopic (exact) mass is 210 g/mol. The van der Waals surface area contributed by atoms with Crippen LogP contribution < -0.4 is 0 Å². The lowest BCUT2D eigenvalue weighted by atomic mass is 10.0. The number of carbonyl (C=O) groups is 1. The van der Waals surface area contributed by atoms with Crippen LogP contribution in [0.3, 0.4) is 0 Å². The van der Waals surface area contributed by atoms with Gasteiger partial charge in [0.2, 0.25) is 0 Å². The van der Waals surface area contributed by atoms with Crippen LogP contribution in [0.25, 0.3) is 0 Å². The van der Waals surface area contributed by atoms with Gasteiger partial charge in [0, 0.05) is 11.4 Å². The molecule has 0 spiro atoms. The van der Waals surface area contributed by atoms with E-state index in [1.165, 1.54) is 0 Å². The van der Waals surface area contributed by atoms with E-state index >= 15 is 0 Å². The van der Waals surface area contributed by atoms with Gasteiger partial charge in [-0.1, -0.05) is 18.5 Å². The molecule has 74 valence electrons. The first-order valence-electron chi connectivity index (χ1n) is 4.57. The molecule has 2 rings (SSSR count). The highest BCUT2D eigenvalue weighted by molar-refractivity contribution is 6.32. The Balaban J connectivity index is 2.79. The summed E-state index contributed by atoms with van der Waals surface area (Å²) in [7, 11) is 0. The third-order valence-electron chi connectivity index (χ3n) is 2.74. The van der Waals surface area contributed by atoms with E-state index in [9.17, 15) is 9.90 Å². The SMILES string of the molecule is Cc1cc(Cl)c2c(c1O)C(=O)CC2C. The first kappa shape index (κ1) is 9.53. The number of phenols is 1. The van der Waals surface area contributed by atoms with Crippen LogP contribution in [-0.2, 0) is 0 Å². The molecule has 0 aromatic heterocycles. The van der Waals surface area contributed by atoms with Crippen molar-refractivity contribution in [2.24, 2.45) is 0 Å². The minimum atomic E-state index is -0.00407. The molecular weight excluding hydrogens is 200 g/mol. The van der Waals surface area contributed by atoms with Gasteiger partial charge in [-0.2, -0.15) is 0 Å². The van der Waals surface area contributed by atoms with Gasteiger partial charge in [-0.25, -0.2) is 0 Å². The molecule has 1 N–H and O–H groups in total. The topological polar surface area (TPSA) is 37.3 Å². The van der Waals surface area contributed by atoms with E-state index in [1.54, 1.807) is 13.0 Å². The molecule has 1 unspecified atom stereocenters. The average Bonchev–Trinajstić information content (AvgIpc) is 2.38. The molecule has 2 nitrogen and oxygen atoms in total. The average molecular weight is 211 g/mol. The van der Waals surface area contributed by atoms with E-state index in [-0.39, 0.29) is 17.5 Å².